The Balaban J connectivity index is 2.29. The largest absolute Gasteiger partial charge is 0.392 e. The average molecular weight is 310 g/mol. The monoisotopic (exact) mass is 310 g/mol. The van der Waals surface area contributed by atoms with Gasteiger partial charge in [0.05, 0.1) is 11.0 Å². The second kappa shape index (κ2) is 5.42. The van der Waals surface area contributed by atoms with Gasteiger partial charge in [0, 0.05) is 17.5 Å². The molecule has 0 bridgehead atoms. The molecule has 0 fully saturated rings. The minimum atomic E-state index is -3.50. The van der Waals surface area contributed by atoms with Crippen LogP contribution in [0.3, 0.4) is 0 Å². The second-order valence-corrected chi connectivity index (χ2v) is 8.09. The van der Waals surface area contributed by atoms with Crippen LogP contribution < -0.4 is 4.72 Å². The average Bonchev–Trinajstić information content (AvgIpc) is 2.68. The van der Waals surface area contributed by atoms with Crippen molar-refractivity contribution in [2.75, 3.05) is 6.54 Å². The molecule has 5 nitrogen and oxygen atoms in total. The van der Waals surface area contributed by atoms with Crippen molar-refractivity contribution in [1.29, 1.82) is 0 Å². The molecule has 2 N–H and O–H groups in total. The first-order chi connectivity index (χ1) is 9.65. The smallest absolute Gasteiger partial charge is 0.263 e. The van der Waals surface area contributed by atoms with E-state index in [-0.39, 0.29) is 10.8 Å². The normalized spacial score (nSPS) is 20.4. The Morgan fingerprint density at radius 2 is 1.90 bits per heavy atom. The fourth-order valence-corrected chi connectivity index (χ4v) is 3.78. The number of fused-ring (bicyclic) bond motifs is 1. The Labute approximate surface area is 126 Å². The van der Waals surface area contributed by atoms with Gasteiger partial charge >= 0.3 is 0 Å². The standard InChI is InChI=1S/C15H22N2O3S/c1-10(2)13(18)15(3,4)9-16-14-11-7-5-6-8-12(11)21(19,20)17-14/h5-8,10,13,18H,9H2,1-4H3,(H,16,17). The van der Waals surface area contributed by atoms with Gasteiger partial charge in [0.25, 0.3) is 10.0 Å². The second-order valence-electron chi connectivity index (χ2n) is 6.44. The highest BCUT2D eigenvalue weighted by atomic mass is 32.2. The summed E-state index contributed by atoms with van der Waals surface area (Å²) in [6.07, 6.45) is -0.505. The zero-order valence-corrected chi connectivity index (χ0v) is 13.6. The number of hydrogen-bond donors (Lipinski definition) is 2. The van der Waals surface area contributed by atoms with Crippen LogP contribution in [-0.4, -0.2) is 32.0 Å². The molecule has 1 aromatic carbocycles. The summed E-state index contributed by atoms with van der Waals surface area (Å²) in [5.41, 5.74) is 0.164. The number of nitrogens with one attached hydrogen (secondary N) is 1. The van der Waals surface area contributed by atoms with Gasteiger partial charge in [-0.25, -0.2) is 8.42 Å². The molecule has 0 saturated heterocycles. The van der Waals surface area contributed by atoms with Crippen LogP contribution in [0.15, 0.2) is 34.2 Å². The SMILES string of the molecule is CC(C)C(O)C(C)(C)CN=C1NS(=O)(=O)c2ccccc21. The summed E-state index contributed by atoms with van der Waals surface area (Å²) in [6, 6.07) is 6.77. The lowest BCUT2D eigenvalue weighted by atomic mass is 9.81. The molecule has 1 aromatic rings. The molecule has 6 heteroatoms. The first kappa shape index (κ1) is 16.0. The molecule has 0 aromatic heterocycles. The highest BCUT2D eigenvalue weighted by molar-refractivity contribution is 7.90. The Hall–Kier alpha value is -1.40. The number of amidine groups is 1. The Morgan fingerprint density at radius 1 is 1.29 bits per heavy atom. The third-order valence-corrected chi connectivity index (χ3v) is 5.14. The van der Waals surface area contributed by atoms with E-state index in [0.29, 0.717) is 17.9 Å². The third-order valence-electron chi connectivity index (χ3n) is 3.74. The number of nitrogens with zero attached hydrogens (tertiary/aromatic N) is 1. The zero-order valence-electron chi connectivity index (χ0n) is 12.8. The lowest BCUT2D eigenvalue weighted by Gasteiger charge is -2.31. The molecule has 0 spiro atoms. The quantitative estimate of drug-likeness (QED) is 0.889. The molecule has 0 saturated carbocycles. The van der Waals surface area contributed by atoms with Crippen molar-refractivity contribution in [2.24, 2.45) is 16.3 Å². The molecule has 21 heavy (non-hydrogen) atoms. The first-order valence-electron chi connectivity index (χ1n) is 7.00. The summed E-state index contributed by atoms with van der Waals surface area (Å²) in [5.74, 6) is 0.474. The minimum absolute atomic E-state index is 0.118. The molecule has 1 unspecified atom stereocenters. The Morgan fingerprint density at radius 3 is 2.52 bits per heavy atom. The molecule has 0 aliphatic carbocycles. The van der Waals surface area contributed by atoms with E-state index in [1.165, 1.54) is 0 Å². The van der Waals surface area contributed by atoms with Crippen LogP contribution in [0.4, 0.5) is 0 Å². The van der Waals surface area contributed by atoms with Crippen LogP contribution in [0, 0.1) is 11.3 Å². The van der Waals surface area contributed by atoms with Gasteiger partial charge in [-0.2, -0.15) is 0 Å². The van der Waals surface area contributed by atoms with Crippen LogP contribution in [0.1, 0.15) is 33.3 Å². The van der Waals surface area contributed by atoms with Gasteiger partial charge < -0.3 is 5.11 Å². The summed E-state index contributed by atoms with van der Waals surface area (Å²) in [7, 11) is -3.50. The third kappa shape index (κ3) is 3.11. The van der Waals surface area contributed by atoms with E-state index in [9.17, 15) is 13.5 Å². The summed E-state index contributed by atoms with van der Waals surface area (Å²) >= 11 is 0. The summed E-state index contributed by atoms with van der Waals surface area (Å²) in [5, 5.41) is 10.2. The maximum absolute atomic E-state index is 12.0. The molecule has 1 heterocycles. The van der Waals surface area contributed by atoms with Crippen LogP contribution in [0.25, 0.3) is 0 Å². The van der Waals surface area contributed by atoms with Crippen molar-refractivity contribution in [3.8, 4) is 0 Å². The van der Waals surface area contributed by atoms with E-state index >= 15 is 0 Å². The highest BCUT2D eigenvalue weighted by Crippen LogP contribution is 2.28. The van der Waals surface area contributed by atoms with Crippen molar-refractivity contribution >= 4 is 15.9 Å². The van der Waals surface area contributed by atoms with Gasteiger partial charge in [0.2, 0.25) is 0 Å². The Kier molecular flexibility index (Phi) is 4.13. The van der Waals surface area contributed by atoms with E-state index in [1.54, 1.807) is 24.3 Å². The number of rotatable bonds is 4. The molecule has 1 aliphatic rings. The van der Waals surface area contributed by atoms with Crippen molar-refractivity contribution in [1.82, 2.24) is 4.72 Å². The molecular weight excluding hydrogens is 288 g/mol. The number of hydrogen-bond acceptors (Lipinski definition) is 4. The fraction of sp³-hybridized carbons (Fsp3) is 0.533. The molecule has 1 atom stereocenters. The number of sulfonamides is 1. The van der Waals surface area contributed by atoms with E-state index in [1.807, 2.05) is 27.7 Å². The predicted molar refractivity (Wildman–Crippen MR) is 82.8 cm³/mol. The lowest BCUT2D eigenvalue weighted by molar-refractivity contribution is 0.0189. The maximum Gasteiger partial charge on any atom is 0.263 e. The summed E-state index contributed by atoms with van der Waals surface area (Å²) in [6.45, 7) is 8.10. The number of aliphatic imine (C=N–C) groups is 1. The number of benzene rings is 1. The van der Waals surface area contributed by atoms with Crippen LogP contribution >= 0.6 is 0 Å². The maximum atomic E-state index is 12.0. The van der Waals surface area contributed by atoms with Crippen LogP contribution in [0.5, 0.6) is 0 Å². The highest BCUT2D eigenvalue weighted by Gasteiger charge is 2.33. The molecule has 2 rings (SSSR count). The zero-order chi connectivity index (χ0) is 15.8. The minimum Gasteiger partial charge on any atom is -0.392 e. The predicted octanol–water partition coefficient (Wildman–Crippen LogP) is 1.77. The summed E-state index contributed by atoms with van der Waals surface area (Å²) in [4.78, 5) is 4.66. The van der Waals surface area contributed by atoms with E-state index in [2.05, 4.69) is 9.71 Å². The topological polar surface area (TPSA) is 78.8 Å². The van der Waals surface area contributed by atoms with E-state index < -0.39 is 21.5 Å². The lowest BCUT2D eigenvalue weighted by Crippen LogP contribution is -2.37. The van der Waals surface area contributed by atoms with Gasteiger partial charge in [-0.1, -0.05) is 39.8 Å². The molecule has 116 valence electrons. The van der Waals surface area contributed by atoms with Gasteiger partial charge in [0.1, 0.15) is 5.84 Å². The molecule has 0 amide bonds. The van der Waals surface area contributed by atoms with Crippen LogP contribution in [-0.2, 0) is 10.0 Å². The fourth-order valence-electron chi connectivity index (χ4n) is 2.53. The number of aliphatic hydroxyl groups excluding tert-OH is 1. The van der Waals surface area contributed by atoms with E-state index in [4.69, 9.17) is 0 Å². The van der Waals surface area contributed by atoms with Gasteiger partial charge in [-0.05, 0) is 18.1 Å². The Bertz CT molecular complexity index is 663. The van der Waals surface area contributed by atoms with Crippen LogP contribution in [0.2, 0.25) is 0 Å². The van der Waals surface area contributed by atoms with Gasteiger partial charge in [-0.3, -0.25) is 9.71 Å². The van der Waals surface area contributed by atoms with Crippen molar-refractivity contribution in [2.45, 2.75) is 38.7 Å². The van der Waals surface area contributed by atoms with Gasteiger partial charge in [0.15, 0.2) is 0 Å². The van der Waals surface area contributed by atoms with Gasteiger partial charge in [-0.15, -0.1) is 0 Å². The van der Waals surface area contributed by atoms with E-state index in [0.717, 1.165) is 0 Å². The van der Waals surface area contributed by atoms with Crippen molar-refractivity contribution in [3.05, 3.63) is 29.8 Å². The van der Waals surface area contributed by atoms with Crippen molar-refractivity contribution in [3.63, 3.8) is 0 Å². The molecule has 0 radical (unpaired) electrons. The van der Waals surface area contributed by atoms with Crippen molar-refractivity contribution < 1.29 is 13.5 Å². The molecular formula is C15H22N2O3S. The number of aliphatic hydroxyl groups is 1. The molecule has 1 aliphatic heterocycles. The first-order valence-corrected chi connectivity index (χ1v) is 8.48. The summed E-state index contributed by atoms with van der Waals surface area (Å²) < 4.78 is 26.5.